The van der Waals surface area contributed by atoms with E-state index in [1.54, 1.807) is 0 Å². The fourth-order valence-corrected chi connectivity index (χ4v) is 1.10. The van der Waals surface area contributed by atoms with Crippen LogP contribution in [0, 0.1) is 0 Å². The normalized spacial score (nSPS) is 21.6. The zero-order chi connectivity index (χ0) is 8.10. The zero-order valence-electron chi connectivity index (χ0n) is 6.73. The van der Waals surface area contributed by atoms with Gasteiger partial charge in [0.2, 0.25) is 0 Å². The van der Waals surface area contributed by atoms with Crippen molar-refractivity contribution < 1.29 is 14.3 Å². The van der Waals surface area contributed by atoms with Crippen molar-refractivity contribution in [1.29, 1.82) is 0 Å². The first-order chi connectivity index (χ1) is 5.33. The molecule has 0 saturated carbocycles. The molecule has 69 valence electrons. The summed E-state index contributed by atoms with van der Waals surface area (Å²) < 4.78 is 10.1. The number of rotatable bonds is 3. The number of carbonyl (C=O) groups excluding carboxylic acids is 1. The first-order valence-electron chi connectivity index (χ1n) is 3.71. The third kappa shape index (κ3) is 4.58. The van der Waals surface area contributed by atoms with E-state index in [0.29, 0.717) is 6.61 Å². The molecule has 3 nitrogen and oxygen atoms in total. The Morgan fingerprint density at radius 2 is 2.42 bits per heavy atom. The van der Waals surface area contributed by atoms with Gasteiger partial charge in [-0.3, -0.25) is 4.79 Å². The molecule has 0 spiro atoms. The smallest absolute Gasteiger partial charge is 0.315 e. The summed E-state index contributed by atoms with van der Waals surface area (Å²) in [4.78, 5) is 10.6. The molecular weight excluding hydrogens is 286 g/mol. The number of ether oxygens (including phenoxy) is 2. The van der Waals surface area contributed by atoms with Crippen LogP contribution in [0.3, 0.4) is 0 Å². The van der Waals surface area contributed by atoms with Gasteiger partial charge in [0.25, 0.3) is 0 Å². The van der Waals surface area contributed by atoms with Crippen molar-refractivity contribution >= 4 is 43.0 Å². The largest absolute Gasteiger partial charge is 0.462 e. The van der Waals surface area contributed by atoms with Gasteiger partial charge < -0.3 is 9.47 Å². The molecule has 0 N–H and O–H groups in total. The Hall–Kier alpha value is 0.598. The molecule has 1 heterocycles. The number of esters is 1. The summed E-state index contributed by atoms with van der Waals surface area (Å²) in [6.45, 7) is 1.18. The second-order valence-electron chi connectivity index (χ2n) is 2.48. The molecule has 1 aliphatic heterocycles. The van der Waals surface area contributed by atoms with Crippen LogP contribution in [0.2, 0.25) is 0 Å². The van der Waals surface area contributed by atoms with Crippen LogP contribution >= 0.6 is 12.6 Å². The van der Waals surface area contributed by atoms with Crippen LogP contribution in [0.15, 0.2) is 0 Å². The maximum absolute atomic E-state index is 10.6. The molecule has 0 amide bonds. The van der Waals surface area contributed by atoms with Crippen LogP contribution in [0.25, 0.3) is 0 Å². The van der Waals surface area contributed by atoms with Crippen molar-refractivity contribution in [2.24, 2.45) is 0 Å². The van der Waals surface area contributed by atoms with E-state index in [2.05, 4.69) is 12.6 Å². The predicted molar refractivity (Wildman–Crippen MR) is 49.5 cm³/mol. The van der Waals surface area contributed by atoms with E-state index in [-0.39, 0.29) is 42.3 Å². The number of hydrogen-bond donors (Lipinski definition) is 1. The first kappa shape index (κ1) is 12.6. The van der Waals surface area contributed by atoms with E-state index in [9.17, 15) is 4.79 Å². The third-order valence-corrected chi connectivity index (χ3v) is 1.84. The van der Waals surface area contributed by atoms with Gasteiger partial charge in [0, 0.05) is 31.0 Å². The minimum atomic E-state index is -0.274. The molecule has 1 atom stereocenters. The van der Waals surface area contributed by atoms with Gasteiger partial charge in [0.1, 0.15) is 6.61 Å². The van der Waals surface area contributed by atoms with Gasteiger partial charge in [-0.15, -0.1) is 0 Å². The second kappa shape index (κ2) is 7.05. The Labute approximate surface area is 95.0 Å². The summed E-state index contributed by atoms with van der Waals surface area (Å²) >= 11 is 3.78. The van der Waals surface area contributed by atoms with Gasteiger partial charge in [0.05, 0.1) is 11.9 Å². The van der Waals surface area contributed by atoms with Crippen molar-refractivity contribution in [2.45, 2.75) is 18.9 Å². The molecule has 3 radical (unpaired) electrons. The summed E-state index contributed by atoms with van der Waals surface area (Å²) in [7, 11) is 0. The van der Waals surface area contributed by atoms with Gasteiger partial charge >= 0.3 is 5.97 Å². The quantitative estimate of drug-likeness (QED) is 0.461. The van der Waals surface area contributed by atoms with E-state index in [4.69, 9.17) is 9.47 Å². The Bertz CT molecular complexity index is 137. The van der Waals surface area contributed by atoms with E-state index in [1.807, 2.05) is 0 Å². The van der Waals surface area contributed by atoms with Gasteiger partial charge in [-0.2, -0.15) is 12.6 Å². The number of hydrogen-bond acceptors (Lipinski definition) is 4. The molecule has 0 aromatic heterocycles. The van der Waals surface area contributed by atoms with Gasteiger partial charge in [0.15, 0.2) is 0 Å². The van der Waals surface area contributed by atoms with Crippen LogP contribution in [-0.2, 0) is 14.3 Å². The number of carbonyl (C=O) groups is 1. The van der Waals surface area contributed by atoms with Crippen LogP contribution in [0.5, 0.6) is 0 Å². The van der Waals surface area contributed by atoms with Crippen LogP contribution in [0.1, 0.15) is 12.8 Å². The average molecular weight is 298 g/mol. The Balaban J connectivity index is 0.00000121. The minimum absolute atomic E-state index is 0. The van der Waals surface area contributed by atoms with Crippen LogP contribution in [0.4, 0.5) is 0 Å². The Morgan fingerprint density at radius 3 is 2.92 bits per heavy atom. The molecule has 0 bridgehead atoms. The minimum Gasteiger partial charge on any atom is -0.462 e. The number of thiol groups is 1. The summed E-state index contributed by atoms with van der Waals surface area (Å²) in [6, 6.07) is 0. The van der Waals surface area contributed by atoms with Crippen molar-refractivity contribution in [1.82, 2.24) is 0 Å². The standard InChI is InChI=1S/C7H12O3S.Sb/c8-7(5-11)10-4-6-2-1-3-9-6;/h6,11H,1-5H2;. The van der Waals surface area contributed by atoms with Crippen molar-refractivity contribution in [2.75, 3.05) is 19.0 Å². The fourth-order valence-electron chi connectivity index (χ4n) is 1.01. The molecule has 0 aliphatic carbocycles. The van der Waals surface area contributed by atoms with Gasteiger partial charge in [-0.05, 0) is 12.8 Å². The zero-order valence-corrected chi connectivity index (χ0v) is 10.2. The Morgan fingerprint density at radius 1 is 1.67 bits per heavy atom. The summed E-state index contributed by atoms with van der Waals surface area (Å²) in [5, 5.41) is 0. The van der Waals surface area contributed by atoms with E-state index in [0.717, 1.165) is 19.4 Å². The molecule has 5 heteroatoms. The second-order valence-corrected chi connectivity index (χ2v) is 2.79. The van der Waals surface area contributed by atoms with Gasteiger partial charge in [-0.1, -0.05) is 0 Å². The van der Waals surface area contributed by atoms with Crippen LogP contribution in [-0.4, -0.2) is 55.5 Å². The third-order valence-electron chi connectivity index (χ3n) is 1.58. The monoisotopic (exact) mass is 297 g/mol. The average Bonchev–Trinajstić information content (AvgIpc) is 2.52. The van der Waals surface area contributed by atoms with E-state index >= 15 is 0 Å². The Kier molecular flexibility index (Phi) is 7.40. The fraction of sp³-hybridized carbons (Fsp3) is 0.857. The molecule has 1 rings (SSSR count). The molecule has 1 saturated heterocycles. The molecule has 0 aromatic carbocycles. The predicted octanol–water partition coefficient (Wildman–Crippen LogP) is 0.258. The SMILES string of the molecule is O=C(CS)OCC1CCCO1.[Sb]. The molecule has 12 heavy (non-hydrogen) atoms. The van der Waals surface area contributed by atoms with E-state index < -0.39 is 0 Å². The van der Waals surface area contributed by atoms with Crippen molar-refractivity contribution in [3.05, 3.63) is 0 Å². The summed E-state index contributed by atoms with van der Waals surface area (Å²) in [6.07, 6.45) is 2.20. The molecule has 1 fully saturated rings. The molecule has 0 aromatic rings. The van der Waals surface area contributed by atoms with Crippen molar-refractivity contribution in [3.8, 4) is 0 Å². The molecular formula is C7H12O3SSb. The first-order valence-corrected chi connectivity index (χ1v) is 4.34. The molecule has 1 unspecified atom stereocenters. The van der Waals surface area contributed by atoms with Crippen molar-refractivity contribution in [3.63, 3.8) is 0 Å². The van der Waals surface area contributed by atoms with Crippen LogP contribution < -0.4 is 0 Å². The van der Waals surface area contributed by atoms with Gasteiger partial charge in [-0.25, -0.2) is 0 Å². The topological polar surface area (TPSA) is 35.5 Å². The summed E-state index contributed by atoms with van der Waals surface area (Å²) in [5.41, 5.74) is 0. The maximum atomic E-state index is 10.6. The summed E-state index contributed by atoms with van der Waals surface area (Å²) in [5.74, 6) is -0.129. The van der Waals surface area contributed by atoms with E-state index in [1.165, 1.54) is 0 Å². The molecule has 1 aliphatic rings. The maximum Gasteiger partial charge on any atom is 0.315 e.